The first kappa shape index (κ1) is 20.7. The normalized spacial score (nSPS) is 10.8. The van der Waals surface area contributed by atoms with Gasteiger partial charge in [-0.2, -0.15) is 5.26 Å². The summed E-state index contributed by atoms with van der Waals surface area (Å²) in [6, 6.07) is 18.2. The van der Waals surface area contributed by atoms with E-state index in [1.165, 1.54) is 42.5 Å². The second-order valence-electron chi connectivity index (χ2n) is 5.86. The van der Waals surface area contributed by atoms with Gasteiger partial charge in [-0.25, -0.2) is 8.42 Å². The van der Waals surface area contributed by atoms with E-state index in [2.05, 4.69) is 10.0 Å². The summed E-state index contributed by atoms with van der Waals surface area (Å²) in [4.78, 5) is 12.8. The maximum Gasteiger partial charge on any atom is 0.261 e. The Morgan fingerprint density at radius 2 is 1.55 bits per heavy atom. The Morgan fingerprint density at radius 3 is 2.24 bits per heavy atom. The molecule has 9 heteroatoms. The fourth-order valence-corrected chi connectivity index (χ4v) is 3.87. The van der Waals surface area contributed by atoms with Gasteiger partial charge in [-0.15, -0.1) is 0 Å². The molecule has 0 aliphatic carbocycles. The summed E-state index contributed by atoms with van der Waals surface area (Å²) in [5.74, 6) is -0.621. The first-order valence-electron chi connectivity index (χ1n) is 8.18. The van der Waals surface area contributed by atoms with E-state index in [0.29, 0.717) is 10.7 Å². The van der Waals surface area contributed by atoms with Crippen LogP contribution in [-0.4, -0.2) is 14.3 Å². The number of anilines is 2. The fourth-order valence-electron chi connectivity index (χ4n) is 2.49. The van der Waals surface area contributed by atoms with E-state index < -0.39 is 15.9 Å². The lowest BCUT2D eigenvalue weighted by atomic mass is 10.1. The van der Waals surface area contributed by atoms with Crippen molar-refractivity contribution in [2.45, 2.75) is 4.90 Å². The third kappa shape index (κ3) is 4.87. The molecular formula is C20H13Cl2N3O3S. The van der Waals surface area contributed by atoms with Gasteiger partial charge in [0.1, 0.15) is 6.07 Å². The zero-order chi connectivity index (χ0) is 21.0. The molecule has 2 N–H and O–H groups in total. The van der Waals surface area contributed by atoms with E-state index in [0.717, 1.165) is 0 Å². The second-order valence-corrected chi connectivity index (χ2v) is 8.42. The van der Waals surface area contributed by atoms with Gasteiger partial charge >= 0.3 is 0 Å². The Bertz CT molecular complexity index is 1220. The molecule has 0 atom stereocenters. The number of benzene rings is 3. The van der Waals surface area contributed by atoms with Gasteiger partial charge in [-0.05, 0) is 54.6 Å². The Balaban J connectivity index is 1.95. The van der Waals surface area contributed by atoms with Gasteiger partial charge in [-0.1, -0.05) is 35.3 Å². The molecule has 0 heterocycles. The molecule has 146 valence electrons. The van der Waals surface area contributed by atoms with Crippen molar-refractivity contribution in [2.24, 2.45) is 0 Å². The molecule has 0 unspecified atom stereocenters. The number of hydrogen-bond donors (Lipinski definition) is 2. The molecule has 0 spiro atoms. The average Bonchev–Trinajstić information content (AvgIpc) is 2.70. The van der Waals surface area contributed by atoms with Crippen LogP contribution < -0.4 is 10.0 Å². The van der Waals surface area contributed by atoms with Crippen LogP contribution in [0, 0.1) is 11.3 Å². The van der Waals surface area contributed by atoms with Crippen LogP contribution in [0.15, 0.2) is 71.6 Å². The molecule has 29 heavy (non-hydrogen) atoms. The highest BCUT2D eigenvalue weighted by Gasteiger charge is 2.20. The highest BCUT2D eigenvalue weighted by molar-refractivity contribution is 7.92. The van der Waals surface area contributed by atoms with Crippen LogP contribution in [-0.2, 0) is 10.0 Å². The van der Waals surface area contributed by atoms with Gasteiger partial charge in [0.15, 0.2) is 0 Å². The molecule has 0 aliphatic rings. The molecule has 0 aliphatic heterocycles. The molecule has 3 aromatic carbocycles. The summed E-state index contributed by atoms with van der Waals surface area (Å²) in [5.41, 5.74) is 0.608. The second kappa shape index (κ2) is 8.53. The van der Waals surface area contributed by atoms with Gasteiger partial charge in [-0.3, -0.25) is 9.52 Å². The van der Waals surface area contributed by atoms with Crippen LogP contribution in [0.3, 0.4) is 0 Å². The van der Waals surface area contributed by atoms with Gasteiger partial charge in [0.05, 0.1) is 27.4 Å². The molecule has 0 radical (unpaired) electrons. The molecule has 3 rings (SSSR count). The van der Waals surface area contributed by atoms with E-state index in [-0.39, 0.29) is 26.7 Å². The minimum atomic E-state index is -3.97. The number of nitrogens with one attached hydrogen (secondary N) is 2. The molecule has 1 amide bonds. The number of carbonyl (C=O) groups excluding carboxylic acids is 1. The van der Waals surface area contributed by atoms with Crippen molar-refractivity contribution >= 4 is 50.5 Å². The van der Waals surface area contributed by atoms with E-state index >= 15 is 0 Å². The number of amides is 1. The lowest BCUT2D eigenvalue weighted by molar-refractivity contribution is 0.102. The summed E-state index contributed by atoms with van der Waals surface area (Å²) in [7, 11) is -3.97. The zero-order valence-electron chi connectivity index (χ0n) is 14.7. The Kier molecular flexibility index (Phi) is 6.09. The molecular weight excluding hydrogens is 433 g/mol. The first-order chi connectivity index (χ1) is 13.8. The number of hydrogen-bond acceptors (Lipinski definition) is 4. The van der Waals surface area contributed by atoms with Gasteiger partial charge in [0, 0.05) is 10.0 Å². The molecule has 0 saturated heterocycles. The zero-order valence-corrected chi connectivity index (χ0v) is 17.0. The van der Waals surface area contributed by atoms with Crippen LogP contribution in [0.25, 0.3) is 0 Å². The summed E-state index contributed by atoms with van der Waals surface area (Å²) in [6.07, 6.45) is 0. The van der Waals surface area contributed by atoms with Crippen LogP contribution >= 0.6 is 23.2 Å². The predicted octanol–water partition coefficient (Wildman–Crippen LogP) is 4.92. The Morgan fingerprint density at radius 1 is 0.897 bits per heavy atom. The number of nitriles is 1. The van der Waals surface area contributed by atoms with Crippen molar-refractivity contribution in [3.05, 3.63) is 87.9 Å². The smallest absolute Gasteiger partial charge is 0.261 e. The third-order valence-electron chi connectivity index (χ3n) is 3.89. The third-order valence-corrected chi connectivity index (χ3v) is 5.76. The van der Waals surface area contributed by atoms with Gasteiger partial charge in [0.2, 0.25) is 0 Å². The van der Waals surface area contributed by atoms with E-state index in [1.807, 2.05) is 6.07 Å². The first-order valence-corrected chi connectivity index (χ1v) is 10.4. The maximum atomic E-state index is 12.8. The predicted molar refractivity (Wildman–Crippen MR) is 113 cm³/mol. The summed E-state index contributed by atoms with van der Waals surface area (Å²) >= 11 is 11.8. The average molecular weight is 446 g/mol. The molecule has 0 saturated carbocycles. The molecule has 3 aromatic rings. The Hall–Kier alpha value is -3.05. The number of para-hydroxylation sites is 1. The van der Waals surface area contributed by atoms with Crippen LogP contribution in [0.1, 0.15) is 15.9 Å². The van der Waals surface area contributed by atoms with Crippen molar-refractivity contribution in [1.29, 1.82) is 5.26 Å². The lowest BCUT2D eigenvalue weighted by Crippen LogP contribution is -2.19. The maximum absolute atomic E-state index is 12.8. The van der Waals surface area contributed by atoms with Crippen molar-refractivity contribution in [3.8, 4) is 6.07 Å². The molecule has 0 fully saturated rings. The van der Waals surface area contributed by atoms with Crippen LogP contribution in [0.4, 0.5) is 11.4 Å². The number of carbonyl (C=O) groups is 1. The number of rotatable bonds is 5. The van der Waals surface area contributed by atoms with E-state index in [9.17, 15) is 18.5 Å². The van der Waals surface area contributed by atoms with Crippen LogP contribution in [0.5, 0.6) is 0 Å². The minimum absolute atomic E-state index is 0.00258. The summed E-state index contributed by atoms with van der Waals surface area (Å²) < 4.78 is 27.7. The van der Waals surface area contributed by atoms with Crippen molar-refractivity contribution in [2.75, 3.05) is 10.0 Å². The molecule has 6 nitrogen and oxygen atoms in total. The fraction of sp³-hybridized carbons (Fsp3) is 0. The minimum Gasteiger partial charge on any atom is -0.321 e. The number of halogens is 2. The van der Waals surface area contributed by atoms with E-state index in [4.69, 9.17) is 23.2 Å². The van der Waals surface area contributed by atoms with Crippen molar-refractivity contribution in [3.63, 3.8) is 0 Å². The van der Waals surface area contributed by atoms with Gasteiger partial charge in [0.25, 0.3) is 15.9 Å². The highest BCUT2D eigenvalue weighted by Crippen LogP contribution is 2.26. The van der Waals surface area contributed by atoms with Crippen molar-refractivity contribution < 1.29 is 13.2 Å². The topological polar surface area (TPSA) is 99.1 Å². The lowest BCUT2D eigenvalue weighted by Gasteiger charge is -2.14. The summed E-state index contributed by atoms with van der Waals surface area (Å²) in [6.45, 7) is 0. The molecule has 0 bridgehead atoms. The monoisotopic (exact) mass is 445 g/mol. The number of nitrogens with zero attached hydrogens (tertiary/aromatic N) is 1. The van der Waals surface area contributed by atoms with Crippen LogP contribution in [0.2, 0.25) is 10.0 Å². The molecule has 0 aromatic heterocycles. The standard InChI is InChI=1S/C20H13Cl2N3O3S/c21-14-5-8-16(9-6-14)29(27,28)25-19-10-7-15(22)11-17(19)20(26)24-18-4-2-1-3-13(18)12-23/h1-11,25H,(H,24,26). The van der Waals surface area contributed by atoms with Crippen molar-refractivity contribution in [1.82, 2.24) is 0 Å². The Labute approximate surface area is 177 Å². The summed E-state index contributed by atoms with van der Waals surface area (Å²) in [5, 5.41) is 12.4. The van der Waals surface area contributed by atoms with Gasteiger partial charge < -0.3 is 5.32 Å². The quantitative estimate of drug-likeness (QED) is 0.581. The van der Waals surface area contributed by atoms with E-state index in [1.54, 1.807) is 24.3 Å². The number of sulfonamides is 1. The SMILES string of the molecule is N#Cc1ccccc1NC(=O)c1cc(Cl)ccc1NS(=O)(=O)c1ccc(Cl)cc1. The largest absolute Gasteiger partial charge is 0.321 e. The highest BCUT2D eigenvalue weighted by atomic mass is 35.5.